The standard InChI is InChI=1S/C11H17NO2S2/c1-15-8-5-10(12)11(13)14-6-4-9-3-2-7-16-9/h2-3,7,10H,4-6,8,12H2,1H3/t10-/m0/s1. The van der Waals surface area contributed by atoms with E-state index >= 15 is 0 Å². The number of hydrogen-bond donors (Lipinski definition) is 1. The molecule has 1 aromatic heterocycles. The predicted octanol–water partition coefficient (Wildman–Crippen LogP) is 1.91. The van der Waals surface area contributed by atoms with Gasteiger partial charge in [-0.05, 0) is 29.9 Å². The number of esters is 1. The minimum atomic E-state index is -0.476. The van der Waals surface area contributed by atoms with Crippen LogP contribution in [0.2, 0.25) is 0 Å². The van der Waals surface area contributed by atoms with E-state index in [1.807, 2.05) is 23.8 Å². The van der Waals surface area contributed by atoms with Crippen LogP contribution in [0.3, 0.4) is 0 Å². The molecule has 1 atom stereocenters. The Bertz CT molecular complexity index is 301. The lowest BCUT2D eigenvalue weighted by Crippen LogP contribution is -2.33. The Morgan fingerprint density at radius 2 is 2.50 bits per heavy atom. The van der Waals surface area contributed by atoms with Gasteiger partial charge in [0.1, 0.15) is 6.04 Å². The quantitative estimate of drug-likeness (QED) is 0.760. The van der Waals surface area contributed by atoms with Gasteiger partial charge in [-0.25, -0.2) is 0 Å². The average Bonchev–Trinajstić information content (AvgIpc) is 2.78. The van der Waals surface area contributed by atoms with Gasteiger partial charge >= 0.3 is 5.97 Å². The number of hydrogen-bond acceptors (Lipinski definition) is 5. The smallest absolute Gasteiger partial charge is 0.322 e. The topological polar surface area (TPSA) is 52.3 Å². The van der Waals surface area contributed by atoms with Crippen molar-refractivity contribution in [2.45, 2.75) is 18.9 Å². The average molecular weight is 259 g/mol. The predicted molar refractivity (Wildman–Crippen MR) is 70.0 cm³/mol. The van der Waals surface area contributed by atoms with Gasteiger partial charge in [-0.15, -0.1) is 11.3 Å². The number of carbonyl (C=O) groups excluding carboxylic acids is 1. The second-order valence-corrected chi connectivity index (χ2v) is 5.40. The van der Waals surface area contributed by atoms with Crippen molar-refractivity contribution in [2.24, 2.45) is 5.73 Å². The number of nitrogens with two attached hydrogens (primary N) is 1. The van der Waals surface area contributed by atoms with Crippen LogP contribution in [0.15, 0.2) is 17.5 Å². The van der Waals surface area contributed by atoms with E-state index in [1.54, 1.807) is 23.1 Å². The zero-order valence-corrected chi connectivity index (χ0v) is 11.0. The summed E-state index contributed by atoms with van der Waals surface area (Å²) in [5.41, 5.74) is 5.68. The molecular weight excluding hydrogens is 242 g/mol. The third kappa shape index (κ3) is 5.01. The van der Waals surface area contributed by atoms with E-state index in [2.05, 4.69) is 0 Å². The Kier molecular flexibility index (Phi) is 6.52. The summed E-state index contributed by atoms with van der Waals surface area (Å²) < 4.78 is 5.11. The molecule has 0 spiro atoms. The van der Waals surface area contributed by atoms with Gasteiger partial charge in [-0.2, -0.15) is 11.8 Å². The number of rotatable bonds is 7. The maximum Gasteiger partial charge on any atom is 0.322 e. The van der Waals surface area contributed by atoms with Crippen molar-refractivity contribution in [1.29, 1.82) is 0 Å². The van der Waals surface area contributed by atoms with E-state index in [0.29, 0.717) is 13.0 Å². The third-order valence-corrected chi connectivity index (χ3v) is 3.69. The zero-order chi connectivity index (χ0) is 11.8. The van der Waals surface area contributed by atoms with E-state index < -0.39 is 6.04 Å². The van der Waals surface area contributed by atoms with E-state index in [9.17, 15) is 4.79 Å². The Morgan fingerprint density at radius 1 is 1.69 bits per heavy atom. The first kappa shape index (κ1) is 13.5. The van der Waals surface area contributed by atoms with Crippen LogP contribution in [0.5, 0.6) is 0 Å². The van der Waals surface area contributed by atoms with E-state index in [1.165, 1.54) is 4.88 Å². The Labute approximate surface area is 104 Å². The molecule has 1 rings (SSSR count). The lowest BCUT2D eigenvalue weighted by Gasteiger charge is -2.10. The number of thiophene rings is 1. The van der Waals surface area contributed by atoms with Gasteiger partial charge in [0.15, 0.2) is 0 Å². The largest absolute Gasteiger partial charge is 0.464 e. The number of carbonyl (C=O) groups is 1. The monoisotopic (exact) mass is 259 g/mol. The Morgan fingerprint density at radius 3 is 3.12 bits per heavy atom. The molecule has 2 N–H and O–H groups in total. The Balaban J connectivity index is 2.14. The molecule has 0 aromatic carbocycles. The van der Waals surface area contributed by atoms with Crippen LogP contribution in [0.1, 0.15) is 11.3 Å². The molecule has 0 bridgehead atoms. The minimum Gasteiger partial charge on any atom is -0.464 e. The molecule has 0 saturated carbocycles. The summed E-state index contributed by atoms with van der Waals surface area (Å²) in [6, 6.07) is 3.55. The van der Waals surface area contributed by atoms with E-state index in [4.69, 9.17) is 10.5 Å². The maximum atomic E-state index is 11.4. The second kappa shape index (κ2) is 7.70. The van der Waals surface area contributed by atoms with Crippen molar-refractivity contribution in [3.8, 4) is 0 Å². The van der Waals surface area contributed by atoms with Crippen molar-refractivity contribution >= 4 is 29.1 Å². The summed E-state index contributed by atoms with van der Waals surface area (Å²) in [6.45, 7) is 0.423. The highest BCUT2D eigenvalue weighted by atomic mass is 32.2. The van der Waals surface area contributed by atoms with Gasteiger partial charge in [0.25, 0.3) is 0 Å². The summed E-state index contributed by atoms with van der Waals surface area (Å²) in [4.78, 5) is 12.7. The molecule has 5 heteroatoms. The van der Waals surface area contributed by atoms with Gasteiger partial charge in [-0.1, -0.05) is 6.07 Å². The van der Waals surface area contributed by atoms with Crippen LogP contribution < -0.4 is 5.73 Å². The molecule has 0 aliphatic heterocycles. The zero-order valence-electron chi connectivity index (χ0n) is 9.35. The van der Waals surface area contributed by atoms with Crippen LogP contribution in [0, 0.1) is 0 Å². The summed E-state index contributed by atoms with van der Waals surface area (Å²) in [7, 11) is 0. The number of ether oxygens (including phenoxy) is 1. The molecule has 0 aliphatic rings. The summed E-state index contributed by atoms with van der Waals surface area (Å²) in [5, 5.41) is 2.02. The highest BCUT2D eigenvalue weighted by Crippen LogP contribution is 2.09. The first-order chi connectivity index (χ1) is 7.74. The van der Waals surface area contributed by atoms with Crippen LogP contribution in [0.25, 0.3) is 0 Å². The van der Waals surface area contributed by atoms with E-state index in [0.717, 1.165) is 12.2 Å². The molecule has 16 heavy (non-hydrogen) atoms. The molecule has 90 valence electrons. The summed E-state index contributed by atoms with van der Waals surface area (Å²) in [5.74, 6) is 0.604. The summed E-state index contributed by atoms with van der Waals surface area (Å²) >= 11 is 3.35. The molecule has 1 aromatic rings. The second-order valence-electron chi connectivity index (χ2n) is 3.38. The highest BCUT2D eigenvalue weighted by molar-refractivity contribution is 7.98. The van der Waals surface area contributed by atoms with Gasteiger partial charge in [-0.3, -0.25) is 4.79 Å². The molecule has 1 heterocycles. The van der Waals surface area contributed by atoms with Crippen molar-refractivity contribution in [2.75, 3.05) is 18.6 Å². The maximum absolute atomic E-state index is 11.4. The third-order valence-electron chi connectivity index (χ3n) is 2.11. The molecule has 0 amide bonds. The molecule has 3 nitrogen and oxygen atoms in total. The minimum absolute atomic E-state index is 0.286. The first-order valence-electron chi connectivity index (χ1n) is 5.17. The fourth-order valence-electron chi connectivity index (χ4n) is 1.18. The van der Waals surface area contributed by atoms with E-state index in [-0.39, 0.29) is 5.97 Å². The van der Waals surface area contributed by atoms with Crippen LogP contribution in [-0.4, -0.2) is 30.6 Å². The lowest BCUT2D eigenvalue weighted by atomic mass is 10.2. The highest BCUT2D eigenvalue weighted by Gasteiger charge is 2.13. The van der Waals surface area contributed by atoms with Crippen LogP contribution in [0.4, 0.5) is 0 Å². The molecular formula is C11H17NO2S2. The molecule has 0 saturated heterocycles. The van der Waals surface area contributed by atoms with Crippen molar-refractivity contribution in [3.63, 3.8) is 0 Å². The normalized spacial score (nSPS) is 12.4. The lowest BCUT2D eigenvalue weighted by molar-refractivity contribution is -0.145. The SMILES string of the molecule is CSCC[C@H](N)C(=O)OCCc1cccs1. The summed E-state index contributed by atoms with van der Waals surface area (Å²) in [6.07, 6.45) is 3.45. The van der Waals surface area contributed by atoms with Gasteiger partial charge in [0, 0.05) is 11.3 Å². The molecule has 0 fully saturated rings. The number of thioether (sulfide) groups is 1. The first-order valence-corrected chi connectivity index (χ1v) is 7.45. The van der Waals surface area contributed by atoms with Gasteiger partial charge in [0.05, 0.1) is 6.61 Å². The van der Waals surface area contributed by atoms with Crippen molar-refractivity contribution in [3.05, 3.63) is 22.4 Å². The Hall–Kier alpha value is -0.520. The molecule has 0 radical (unpaired) electrons. The van der Waals surface area contributed by atoms with Crippen LogP contribution in [-0.2, 0) is 16.0 Å². The van der Waals surface area contributed by atoms with Crippen molar-refractivity contribution in [1.82, 2.24) is 0 Å². The van der Waals surface area contributed by atoms with Gasteiger partial charge in [0.2, 0.25) is 0 Å². The van der Waals surface area contributed by atoms with Gasteiger partial charge < -0.3 is 10.5 Å². The fourth-order valence-corrected chi connectivity index (χ4v) is 2.36. The molecule has 0 unspecified atom stereocenters. The van der Waals surface area contributed by atoms with Crippen LogP contribution >= 0.6 is 23.1 Å². The fraction of sp³-hybridized carbons (Fsp3) is 0.545. The molecule has 0 aliphatic carbocycles. The van der Waals surface area contributed by atoms with Crippen molar-refractivity contribution < 1.29 is 9.53 Å².